The molecule has 2 rings (SSSR count). The van der Waals surface area contributed by atoms with Gasteiger partial charge in [-0.15, -0.1) is 5.10 Å². The Morgan fingerprint density at radius 3 is 2.94 bits per heavy atom. The number of carbonyl (C=O) groups excluding carboxylic acids is 1. The summed E-state index contributed by atoms with van der Waals surface area (Å²) in [5, 5.41) is 14.4. The quantitative estimate of drug-likeness (QED) is 0.865. The van der Waals surface area contributed by atoms with Crippen molar-refractivity contribution in [1.29, 1.82) is 0 Å². The van der Waals surface area contributed by atoms with Crippen LogP contribution in [-0.2, 0) is 4.79 Å². The van der Waals surface area contributed by atoms with E-state index < -0.39 is 0 Å². The first-order valence-corrected chi connectivity index (χ1v) is 6.11. The summed E-state index contributed by atoms with van der Waals surface area (Å²) in [6.45, 7) is 0. The number of hydrogen-bond acceptors (Lipinski definition) is 4. The second-order valence-electron chi connectivity index (χ2n) is 3.26. The zero-order valence-electron chi connectivity index (χ0n) is 8.88. The van der Waals surface area contributed by atoms with Crippen LogP contribution in [0.4, 0.5) is 5.69 Å². The van der Waals surface area contributed by atoms with E-state index in [1.807, 2.05) is 24.3 Å². The van der Waals surface area contributed by atoms with Gasteiger partial charge in [0.1, 0.15) is 6.33 Å². The molecule has 0 aliphatic carbocycles. The van der Waals surface area contributed by atoms with Gasteiger partial charge in [-0.2, -0.15) is 4.68 Å². The van der Waals surface area contributed by atoms with Crippen LogP contribution in [0.5, 0.6) is 0 Å². The summed E-state index contributed by atoms with van der Waals surface area (Å²) in [5.74, 6) is -0.0533. The van der Waals surface area contributed by atoms with Crippen LogP contribution >= 0.6 is 15.9 Å². The largest absolute Gasteiger partial charge is 0.324 e. The van der Waals surface area contributed by atoms with E-state index in [9.17, 15) is 4.79 Å². The van der Waals surface area contributed by atoms with Crippen molar-refractivity contribution in [2.24, 2.45) is 0 Å². The Kier molecular flexibility index (Phi) is 3.81. The van der Waals surface area contributed by atoms with E-state index in [2.05, 4.69) is 36.8 Å². The molecule has 88 valence electrons. The zero-order chi connectivity index (χ0) is 12.1. The molecule has 1 N–H and O–H groups in total. The third kappa shape index (κ3) is 2.88. The number of halogens is 1. The summed E-state index contributed by atoms with van der Waals surface area (Å²) >= 11 is 3.22. The van der Waals surface area contributed by atoms with Gasteiger partial charge in [-0.05, 0) is 22.6 Å². The van der Waals surface area contributed by atoms with E-state index in [0.29, 0.717) is 17.4 Å². The number of rotatable bonds is 4. The molecule has 1 amide bonds. The minimum Gasteiger partial charge on any atom is -0.324 e. The van der Waals surface area contributed by atoms with Gasteiger partial charge in [-0.1, -0.05) is 28.1 Å². The van der Waals surface area contributed by atoms with Gasteiger partial charge in [0, 0.05) is 11.8 Å². The van der Waals surface area contributed by atoms with Gasteiger partial charge < -0.3 is 5.32 Å². The number of nitrogens with one attached hydrogen (secondary N) is 1. The molecule has 0 unspecified atom stereocenters. The summed E-state index contributed by atoms with van der Waals surface area (Å²) in [4.78, 5) is 11.5. The van der Waals surface area contributed by atoms with Gasteiger partial charge in [0.05, 0.1) is 11.4 Å². The summed E-state index contributed by atoms with van der Waals surface area (Å²) in [5.41, 5.74) is 1.42. The number of alkyl halides is 1. The molecule has 0 spiro atoms. The summed E-state index contributed by atoms with van der Waals surface area (Å²) < 4.78 is 1.50. The molecule has 1 aromatic heterocycles. The lowest BCUT2D eigenvalue weighted by Gasteiger charge is -2.09. The van der Waals surface area contributed by atoms with Crippen molar-refractivity contribution in [3.8, 4) is 5.69 Å². The van der Waals surface area contributed by atoms with E-state index >= 15 is 0 Å². The number of amides is 1. The fraction of sp³-hybridized carbons (Fsp3) is 0.200. The van der Waals surface area contributed by atoms with E-state index in [1.165, 1.54) is 11.0 Å². The van der Waals surface area contributed by atoms with Crippen molar-refractivity contribution >= 4 is 27.5 Å². The molecule has 7 heteroatoms. The highest BCUT2D eigenvalue weighted by Gasteiger charge is 2.08. The smallest absolute Gasteiger partial charge is 0.225 e. The number of tetrazole rings is 1. The number of benzene rings is 1. The average Bonchev–Trinajstić information content (AvgIpc) is 2.83. The van der Waals surface area contributed by atoms with E-state index in [-0.39, 0.29) is 5.91 Å². The average molecular weight is 296 g/mol. The predicted molar refractivity (Wildman–Crippen MR) is 66.2 cm³/mol. The molecule has 0 radical (unpaired) electrons. The van der Waals surface area contributed by atoms with E-state index in [0.717, 1.165) is 5.69 Å². The first-order chi connectivity index (χ1) is 8.31. The van der Waals surface area contributed by atoms with Crippen molar-refractivity contribution in [1.82, 2.24) is 20.2 Å². The van der Waals surface area contributed by atoms with Crippen molar-refractivity contribution in [2.45, 2.75) is 6.42 Å². The molecule has 0 saturated carbocycles. The lowest BCUT2D eigenvalue weighted by atomic mass is 10.2. The first kappa shape index (κ1) is 11.7. The molecule has 0 bridgehead atoms. The Labute approximate surface area is 106 Å². The fourth-order valence-electron chi connectivity index (χ4n) is 1.35. The molecule has 2 aromatic rings. The molecule has 0 aliphatic heterocycles. The molecule has 1 heterocycles. The lowest BCUT2D eigenvalue weighted by Crippen LogP contribution is -2.13. The second-order valence-corrected chi connectivity index (χ2v) is 4.05. The highest BCUT2D eigenvalue weighted by atomic mass is 79.9. The fourth-order valence-corrected chi connectivity index (χ4v) is 1.71. The van der Waals surface area contributed by atoms with Crippen LogP contribution in [0.15, 0.2) is 30.6 Å². The molecule has 17 heavy (non-hydrogen) atoms. The van der Waals surface area contributed by atoms with Crippen LogP contribution in [0, 0.1) is 0 Å². The van der Waals surface area contributed by atoms with Gasteiger partial charge >= 0.3 is 0 Å². The van der Waals surface area contributed by atoms with Crippen LogP contribution in [0.25, 0.3) is 5.69 Å². The minimum absolute atomic E-state index is 0.0533. The number of carbonyl (C=O) groups is 1. The van der Waals surface area contributed by atoms with Crippen molar-refractivity contribution in [3.63, 3.8) is 0 Å². The number of hydrogen-bond donors (Lipinski definition) is 1. The normalized spacial score (nSPS) is 10.2. The maximum Gasteiger partial charge on any atom is 0.225 e. The highest BCUT2D eigenvalue weighted by Crippen LogP contribution is 2.18. The van der Waals surface area contributed by atoms with Crippen molar-refractivity contribution in [3.05, 3.63) is 30.6 Å². The highest BCUT2D eigenvalue weighted by molar-refractivity contribution is 9.09. The van der Waals surface area contributed by atoms with Crippen molar-refractivity contribution in [2.75, 3.05) is 10.6 Å². The van der Waals surface area contributed by atoms with Gasteiger partial charge in [0.2, 0.25) is 5.91 Å². The van der Waals surface area contributed by atoms with Gasteiger partial charge in [0.15, 0.2) is 0 Å². The Balaban J connectivity index is 2.25. The number of aromatic nitrogens is 4. The standard InChI is InChI=1S/C10H10BrN5O/c11-6-5-10(17)13-8-3-1-2-4-9(8)16-7-12-14-15-16/h1-4,7H,5-6H2,(H,13,17). The molecular formula is C10H10BrN5O. The van der Waals surface area contributed by atoms with Gasteiger partial charge in [-0.3, -0.25) is 4.79 Å². The van der Waals surface area contributed by atoms with Crippen LogP contribution in [0.3, 0.4) is 0 Å². The SMILES string of the molecule is O=C(CCBr)Nc1ccccc1-n1cnnn1. The Bertz CT molecular complexity index is 499. The topological polar surface area (TPSA) is 72.7 Å². The van der Waals surface area contributed by atoms with Crippen LogP contribution in [0.1, 0.15) is 6.42 Å². The second kappa shape index (κ2) is 5.53. The summed E-state index contributed by atoms with van der Waals surface area (Å²) in [6, 6.07) is 7.35. The molecule has 0 fully saturated rings. The summed E-state index contributed by atoms with van der Waals surface area (Å²) in [7, 11) is 0. The number of nitrogens with zero attached hydrogens (tertiary/aromatic N) is 4. The molecular weight excluding hydrogens is 286 g/mol. The van der Waals surface area contributed by atoms with Crippen LogP contribution in [-0.4, -0.2) is 31.4 Å². The van der Waals surface area contributed by atoms with Gasteiger partial charge in [0.25, 0.3) is 0 Å². The lowest BCUT2D eigenvalue weighted by molar-refractivity contribution is -0.115. The van der Waals surface area contributed by atoms with Crippen LogP contribution in [0.2, 0.25) is 0 Å². The monoisotopic (exact) mass is 295 g/mol. The van der Waals surface area contributed by atoms with Crippen LogP contribution < -0.4 is 5.32 Å². The first-order valence-electron chi connectivity index (χ1n) is 4.99. The maximum atomic E-state index is 11.5. The van der Waals surface area contributed by atoms with E-state index in [4.69, 9.17) is 0 Å². The third-order valence-corrected chi connectivity index (χ3v) is 2.49. The minimum atomic E-state index is -0.0533. The third-order valence-electron chi connectivity index (χ3n) is 2.10. The Hall–Kier alpha value is -1.76. The Morgan fingerprint density at radius 2 is 2.24 bits per heavy atom. The van der Waals surface area contributed by atoms with E-state index in [1.54, 1.807) is 0 Å². The molecule has 0 atom stereocenters. The molecule has 1 aromatic carbocycles. The number of anilines is 1. The Morgan fingerprint density at radius 1 is 1.41 bits per heavy atom. The van der Waals surface area contributed by atoms with Crippen molar-refractivity contribution < 1.29 is 4.79 Å². The number of para-hydroxylation sites is 2. The summed E-state index contributed by atoms with van der Waals surface area (Å²) in [6.07, 6.45) is 1.90. The molecule has 6 nitrogen and oxygen atoms in total. The molecule has 0 saturated heterocycles. The van der Waals surface area contributed by atoms with Gasteiger partial charge in [-0.25, -0.2) is 0 Å². The predicted octanol–water partition coefficient (Wildman–Crippen LogP) is 1.39. The zero-order valence-corrected chi connectivity index (χ0v) is 10.5. The maximum absolute atomic E-state index is 11.5. The molecule has 0 aliphatic rings.